The molecule has 2 aromatic heterocycles. The SMILES string of the molecule is CCCCCCCCC1(CCCCCCCC)c2cc(N(c3ccc4c(c3)C(C)(C)c3cc(-c5ccc(-c6ccc7c(c6)C(C)(C)c6cc(-c8ccc9c(c8)C(CCCCCCC)(CCCCCCC)c8ccccc8-9)ccc6-7)cc5)c5oc6ccccc6c5c3-4)c3c(C)cc(C)cc3C)ccc2-c2cc3c(cc21)-c1c(ccc2oc4ccccc4c12)C3(CCCCCCCC)CCCCCCCC. The molecule has 20 rings (SSSR count). The first-order valence-electron chi connectivity index (χ1n) is 55.9. The minimum absolute atomic E-state index is 0.0401. The Morgan fingerprint density at radius 1 is 0.230 bits per heavy atom. The van der Waals surface area contributed by atoms with E-state index in [9.17, 15) is 0 Å². The summed E-state index contributed by atoms with van der Waals surface area (Å²) < 4.78 is 14.3. The second kappa shape index (κ2) is 41.1. The summed E-state index contributed by atoms with van der Waals surface area (Å²) in [5.74, 6) is 0. The molecule has 0 amide bonds. The van der Waals surface area contributed by atoms with E-state index in [0.717, 1.165) is 51.7 Å². The van der Waals surface area contributed by atoms with Gasteiger partial charge in [0.25, 0.3) is 0 Å². The molecule has 0 saturated carbocycles. The Hall–Kier alpha value is -10.7. The number of unbranched alkanes of at least 4 members (excludes halogenated alkanes) is 28. The number of hydrogen-bond donors (Lipinski definition) is 0. The molecule has 0 spiro atoms. The van der Waals surface area contributed by atoms with Gasteiger partial charge in [-0.3, -0.25) is 0 Å². The molecule has 0 bridgehead atoms. The lowest BCUT2D eigenvalue weighted by Crippen LogP contribution is -2.27. The fourth-order valence-electron chi connectivity index (χ4n) is 27.7. The third kappa shape index (κ3) is 17.5. The summed E-state index contributed by atoms with van der Waals surface area (Å²) in [5, 5.41) is 4.95. The fourth-order valence-corrected chi connectivity index (χ4v) is 27.7. The Kier molecular flexibility index (Phi) is 28.3. The lowest BCUT2D eigenvalue weighted by molar-refractivity contribution is 0.394. The van der Waals surface area contributed by atoms with Crippen molar-refractivity contribution in [2.75, 3.05) is 4.90 Å². The topological polar surface area (TPSA) is 29.5 Å². The Balaban J connectivity index is 0.668. The molecule has 0 atom stereocenters. The first-order chi connectivity index (χ1) is 67.9. The van der Waals surface area contributed by atoms with Crippen LogP contribution in [0.1, 0.15) is 398 Å². The standard InChI is InChI=1S/C136H157NO2/c1-14-20-26-32-38-50-78-135(79-51-39-33-27-21-15-2)114-74-75-125-128(108-55-43-46-58-123(108)138-125)127(114)112-91-120-111(90-121(112)135)106-72-67-101(88-119(106)136(120,80-52-40-34-28-22-16-3)81-53-41-35-29-23-17-4)137(130-93(8)82-92(7)83-94(130)9)100-68-73-107-117(87-100)133(12,13)122-89-110(131-129(126(107)122)109-56-44-47-59-124(109)139-131)96-62-60-95(61-63-96)97-64-69-103-104-70-65-98(85-116(104)132(10,11)115(103)84-97)99-66-71-105-102-54-42-45-57-113(102)134(118(105)86-99,76-48-36-30-24-18-5)77-49-37-31-25-19-6/h42-47,54-75,82-91H,14-41,48-53,76-81H2,1-13H3. The number of benzene rings is 13. The van der Waals surface area contributed by atoms with Gasteiger partial charge in [-0.1, -0.05) is 445 Å². The predicted molar refractivity (Wildman–Crippen MR) is 599 cm³/mol. The van der Waals surface area contributed by atoms with E-state index >= 15 is 0 Å². The number of nitrogens with zero attached hydrogens (tertiary/aromatic N) is 1. The maximum absolute atomic E-state index is 7.30. The summed E-state index contributed by atoms with van der Waals surface area (Å²) in [6, 6.07) is 92.8. The van der Waals surface area contributed by atoms with Crippen molar-refractivity contribution in [3.05, 3.63) is 303 Å². The Labute approximate surface area is 834 Å². The molecule has 0 fully saturated rings. The van der Waals surface area contributed by atoms with Crippen LogP contribution in [0, 0.1) is 20.8 Å². The van der Waals surface area contributed by atoms with Crippen LogP contribution in [-0.4, -0.2) is 0 Å². The van der Waals surface area contributed by atoms with Gasteiger partial charge in [0.2, 0.25) is 0 Å². The number of para-hydroxylation sites is 2. The Morgan fingerprint density at radius 2 is 0.576 bits per heavy atom. The van der Waals surface area contributed by atoms with E-state index in [2.05, 4.69) is 325 Å². The third-order valence-electron chi connectivity index (χ3n) is 35.0. The minimum atomic E-state index is -0.393. The lowest BCUT2D eigenvalue weighted by atomic mass is 9.68. The van der Waals surface area contributed by atoms with Crippen molar-refractivity contribution in [1.29, 1.82) is 0 Å². The van der Waals surface area contributed by atoms with Crippen LogP contribution >= 0.6 is 0 Å². The molecule has 3 nitrogen and oxygen atoms in total. The summed E-state index contributed by atoms with van der Waals surface area (Å²) in [4.78, 5) is 2.72. The van der Waals surface area contributed by atoms with Gasteiger partial charge in [0.05, 0.1) is 5.69 Å². The second-order valence-electron chi connectivity index (χ2n) is 44.9. The van der Waals surface area contributed by atoms with Gasteiger partial charge in [0, 0.05) is 65.6 Å². The van der Waals surface area contributed by atoms with E-state index in [0.29, 0.717) is 0 Å². The van der Waals surface area contributed by atoms with E-state index in [1.165, 1.54) is 394 Å². The highest BCUT2D eigenvalue weighted by atomic mass is 16.3. The molecule has 0 aliphatic heterocycles. The van der Waals surface area contributed by atoms with Crippen molar-refractivity contribution >= 4 is 60.9 Å². The number of hydrogen-bond acceptors (Lipinski definition) is 3. The monoisotopic (exact) mass is 1840 g/mol. The number of furan rings is 2. The molecule has 13 aromatic carbocycles. The Bertz CT molecular complexity index is 6910. The predicted octanol–water partition coefficient (Wildman–Crippen LogP) is 42.0. The molecule has 0 saturated heterocycles. The molecule has 0 radical (unpaired) electrons. The second-order valence-corrected chi connectivity index (χ2v) is 44.9. The van der Waals surface area contributed by atoms with E-state index in [1.54, 1.807) is 33.4 Å². The highest BCUT2D eigenvalue weighted by molar-refractivity contribution is 6.19. The largest absolute Gasteiger partial charge is 0.456 e. The van der Waals surface area contributed by atoms with Crippen LogP contribution in [-0.2, 0) is 27.1 Å². The first-order valence-corrected chi connectivity index (χ1v) is 55.9. The molecule has 5 aliphatic carbocycles. The van der Waals surface area contributed by atoms with Gasteiger partial charge in [-0.2, -0.15) is 0 Å². The number of aryl methyl sites for hydroxylation is 3. The van der Waals surface area contributed by atoms with E-state index in [1.807, 2.05) is 0 Å². The van der Waals surface area contributed by atoms with E-state index < -0.39 is 5.41 Å². The molecular weight excluding hydrogens is 1680 g/mol. The maximum atomic E-state index is 7.30. The van der Waals surface area contributed by atoms with Gasteiger partial charge >= 0.3 is 0 Å². The summed E-state index contributed by atoms with van der Waals surface area (Å²) in [6.45, 7) is 31.1. The van der Waals surface area contributed by atoms with Crippen molar-refractivity contribution in [3.63, 3.8) is 0 Å². The number of anilines is 3. The van der Waals surface area contributed by atoms with Crippen molar-refractivity contribution in [1.82, 2.24) is 0 Å². The molecule has 0 unspecified atom stereocenters. The average Bonchev–Trinajstić information content (AvgIpc) is 1.51. The average molecular weight is 1840 g/mol. The zero-order valence-corrected chi connectivity index (χ0v) is 87.0. The van der Waals surface area contributed by atoms with Crippen molar-refractivity contribution in [2.24, 2.45) is 0 Å². The molecule has 2 heterocycles. The summed E-state index contributed by atoms with van der Waals surface area (Å²) in [6.07, 6.45) is 50.9. The van der Waals surface area contributed by atoms with Crippen molar-refractivity contribution in [3.8, 4) is 89.0 Å². The van der Waals surface area contributed by atoms with Crippen LogP contribution in [0.5, 0.6) is 0 Å². The molecule has 3 heteroatoms. The van der Waals surface area contributed by atoms with Crippen LogP contribution in [0.3, 0.4) is 0 Å². The number of rotatable bonds is 46. The van der Waals surface area contributed by atoms with Gasteiger partial charge in [0.1, 0.15) is 22.3 Å². The van der Waals surface area contributed by atoms with Crippen molar-refractivity contribution < 1.29 is 8.83 Å². The third-order valence-corrected chi connectivity index (χ3v) is 35.0. The highest BCUT2D eigenvalue weighted by Crippen LogP contribution is 2.66. The van der Waals surface area contributed by atoms with Crippen LogP contribution in [0.4, 0.5) is 17.1 Å². The smallest absolute Gasteiger partial charge is 0.143 e. The molecular formula is C136H157NO2. The van der Waals surface area contributed by atoms with E-state index in [-0.39, 0.29) is 21.7 Å². The van der Waals surface area contributed by atoms with E-state index in [4.69, 9.17) is 8.83 Å². The molecule has 15 aromatic rings. The normalized spacial score (nSPS) is 14.8. The fraction of sp³-hybridized carbons (Fsp3) is 0.426. The molecule has 718 valence electrons. The zero-order valence-electron chi connectivity index (χ0n) is 87.0. The number of fused-ring (bicyclic) bond motifs is 23. The minimum Gasteiger partial charge on any atom is -0.456 e. The van der Waals surface area contributed by atoms with Gasteiger partial charge in [-0.25, -0.2) is 0 Å². The van der Waals surface area contributed by atoms with Crippen LogP contribution in [0.15, 0.2) is 239 Å². The summed E-state index contributed by atoms with van der Waals surface area (Å²) in [7, 11) is 0. The molecule has 0 N–H and O–H groups in total. The lowest BCUT2D eigenvalue weighted by Gasteiger charge is -2.35. The molecule has 139 heavy (non-hydrogen) atoms. The van der Waals surface area contributed by atoms with Gasteiger partial charge in [-0.05, 0) is 288 Å². The zero-order chi connectivity index (χ0) is 95.7. The van der Waals surface area contributed by atoms with Gasteiger partial charge in [-0.15, -0.1) is 0 Å². The van der Waals surface area contributed by atoms with Gasteiger partial charge in [0.15, 0.2) is 0 Å². The van der Waals surface area contributed by atoms with Gasteiger partial charge < -0.3 is 13.7 Å². The first kappa shape index (κ1) is 95.8. The molecule has 5 aliphatic rings. The summed E-state index contributed by atoms with van der Waals surface area (Å²) >= 11 is 0. The summed E-state index contributed by atoms with van der Waals surface area (Å²) in [5.41, 5.74) is 47.1. The van der Waals surface area contributed by atoms with Crippen LogP contribution in [0.2, 0.25) is 0 Å². The highest BCUT2D eigenvalue weighted by Gasteiger charge is 2.51. The maximum Gasteiger partial charge on any atom is 0.143 e. The van der Waals surface area contributed by atoms with Crippen molar-refractivity contribution in [2.45, 2.75) is 374 Å². The Morgan fingerprint density at radius 3 is 1.11 bits per heavy atom. The van der Waals surface area contributed by atoms with Crippen LogP contribution in [0.25, 0.3) is 133 Å². The van der Waals surface area contributed by atoms with Crippen LogP contribution < -0.4 is 4.90 Å². The quantitative estimate of drug-likeness (QED) is 0.0356.